The summed E-state index contributed by atoms with van der Waals surface area (Å²) in [5.41, 5.74) is 1.28. The molecule has 25 heavy (non-hydrogen) atoms. The first-order chi connectivity index (χ1) is 11.5. The normalized spacial score (nSPS) is 25.0. The smallest absolute Gasteiger partial charge is 0.251 e. The summed E-state index contributed by atoms with van der Waals surface area (Å²) in [7, 11) is 0. The first-order valence-corrected chi connectivity index (χ1v) is 9.64. The van der Waals surface area contributed by atoms with Crippen LogP contribution in [0.25, 0.3) is 0 Å². The van der Waals surface area contributed by atoms with Gasteiger partial charge in [0.1, 0.15) is 0 Å². The van der Waals surface area contributed by atoms with Crippen LogP contribution in [0.4, 0.5) is 5.69 Å². The Morgan fingerprint density at radius 2 is 1.84 bits per heavy atom. The number of thioether (sulfide) groups is 1. The number of anilines is 1. The molecular formula is C19H27N3O2S. The fourth-order valence-electron chi connectivity index (χ4n) is 4.04. The van der Waals surface area contributed by atoms with Crippen molar-refractivity contribution in [2.45, 2.75) is 74.7 Å². The van der Waals surface area contributed by atoms with E-state index in [1.54, 1.807) is 6.07 Å². The number of piperidine rings is 1. The molecule has 0 aromatic heterocycles. The number of benzene rings is 1. The third-order valence-electron chi connectivity index (χ3n) is 4.70. The van der Waals surface area contributed by atoms with Gasteiger partial charge in [-0.05, 0) is 65.7 Å². The molecule has 1 aromatic rings. The second kappa shape index (κ2) is 6.32. The van der Waals surface area contributed by atoms with Crippen LogP contribution in [0.3, 0.4) is 0 Å². The fraction of sp³-hybridized carbons (Fsp3) is 0.579. The Bertz CT molecular complexity index is 699. The molecule has 1 atom stereocenters. The number of rotatable bonds is 2. The number of hydrogen-bond acceptors (Lipinski definition) is 4. The zero-order chi connectivity index (χ0) is 18.4. The zero-order valence-corrected chi connectivity index (χ0v) is 16.3. The van der Waals surface area contributed by atoms with Gasteiger partial charge < -0.3 is 16.0 Å². The van der Waals surface area contributed by atoms with Gasteiger partial charge in [-0.3, -0.25) is 9.59 Å². The Morgan fingerprint density at radius 1 is 1.20 bits per heavy atom. The van der Waals surface area contributed by atoms with Crippen LogP contribution in [0.5, 0.6) is 0 Å². The first kappa shape index (κ1) is 18.3. The number of hydrogen-bond donors (Lipinski definition) is 3. The Kier molecular flexibility index (Phi) is 4.62. The predicted molar refractivity (Wildman–Crippen MR) is 102 cm³/mol. The maximum atomic E-state index is 12.7. The van der Waals surface area contributed by atoms with Crippen molar-refractivity contribution in [3.05, 3.63) is 23.8 Å². The van der Waals surface area contributed by atoms with Crippen molar-refractivity contribution in [1.29, 1.82) is 0 Å². The second-order valence-electron chi connectivity index (χ2n) is 8.43. The molecule has 0 spiro atoms. The van der Waals surface area contributed by atoms with Gasteiger partial charge in [0.15, 0.2) is 0 Å². The lowest BCUT2D eigenvalue weighted by molar-refractivity contribution is -0.115. The highest BCUT2D eigenvalue weighted by Gasteiger charge is 2.38. The molecule has 2 aliphatic rings. The van der Waals surface area contributed by atoms with Crippen LogP contribution < -0.4 is 16.0 Å². The third-order valence-corrected chi connectivity index (χ3v) is 5.88. The Hall–Kier alpha value is -1.53. The van der Waals surface area contributed by atoms with Crippen LogP contribution in [0.2, 0.25) is 0 Å². The summed E-state index contributed by atoms with van der Waals surface area (Å²) in [4.78, 5) is 25.6. The molecule has 0 radical (unpaired) electrons. The fourth-order valence-corrected chi connectivity index (χ4v) is 4.97. The van der Waals surface area contributed by atoms with E-state index in [4.69, 9.17) is 0 Å². The summed E-state index contributed by atoms with van der Waals surface area (Å²) >= 11 is 1.52. The van der Waals surface area contributed by atoms with Gasteiger partial charge in [-0.15, -0.1) is 11.8 Å². The minimum absolute atomic E-state index is 0.0167. The molecule has 6 heteroatoms. The van der Waals surface area contributed by atoms with Gasteiger partial charge in [0, 0.05) is 27.6 Å². The van der Waals surface area contributed by atoms with Gasteiger partial charge in [0.2, 0.25) is 5.91 Å². The van der Waals surface area contributed by atoms with Crippen LogP contribution >= 0.6 is 11.8 Å². The van der Waals surface area contributed by atoms with E-state index >= 15 is 0 Å². The van der Waals surface area contributed by atoms with E-state index in [1.807, 2.05) is 19.1 Å². The van der Waals surface area contributed by atoms with E-state index in [-0.39, 0.29) is 34.2 Å². The van der Waals surface area contributed by atoms with Crippen molar-refractivity contribution < 1.29 is 9.59 Å². The van der Waals surface area contributed by atoms with E-state index in [0.717, 1.165) is 23.4 Å². The molecule has 2 aliphatic heterocycles. The summed E-state index contributed by atoms with van der Waals surface area (Å²) in [5.74, 6) is -0.101. The molecular weight excluding hydrogens is 334 g/mol. The average molecular weight is 362 g/mol. The maximum absolute atomic E-state index is 12.7. The van der Waals surface area contributed by atoms with Crippen LogP contribution in [-0.2, 0) is 4.79 Å². The Labute approximate surface area is 153 Å². The molecule has 0 bridgehead atoms. The number of fused-ring (bicyclic) bond motifs is 1. The average Bonchev–Trinajstić information content (AvgIpc) is 2.44. The minimum Gasteiger partial charge on any atom is -0.349 e. The SMILES string of the molecule is C[C@@H]1Sc2ccc(C(=O)NC3CC(C)(C)NC(C)(C)C3)cc2NC1=O. The highest BCUT2D eigenvalue weighted by molar-refractivity contribution is 8.00. The molecule has 1 saturated heterocycles. The molecule has 0 saturated carbocycles. The van der Waals surface area contributed by atoms with E-state index in [2.05, 4.69) is 43.6 Å². The van der Waals surface area contributed by atoms with Gasteiger partial charge in [0.05, 0.1) is 10.9 Å². The molecule has 2 amide bonds. The van der Waals surface area contributed by atoms with E-state index < -0.39 is 0 Å². The van der Waals surface area contributed by atoms with Gasteiger partial charge in [-0.25, -0.2) is 0 Å². The molecule has 1 fully saturated rings. The molecule has 3 rings (SSSR count). The molecule has 1 aromatic carbocycles. The number of amides is 2. The van der Waals surface area contributed by atoms with Crippen molar-refractivity contribution in [2.75, 3.05) is 5.32 Å². The summed E-state index contributed by atoms with van der Waals surface area (Å²) < 4.78 is 0. The molecule has 0 unspecified atom stereocenters. The highest BCUT2D eigenvalue weighted by atomic mass is 32.2. The second-order valence-corrected chi connectivity index (χ2v) is 9.81. The van der Waals surface area contributed by atoms with Crippen molar-refractivity contribution in [3.8, 4) is 0 Å². The lowest BCUT2D eigenvalue weighted by Gasteiger charge is -2.46. The van der Waals surface area contributed by atoms with Gasteiger partial charge in [-0.2, -0.15) is 0 Å². The van der Waals surface area contributed by atoms with Crippen molar-refractivity contribution in [3.63, 3.8) is 0 Å². The lowest BCUT2D eigenvalue weighted by Crippen LogP contribution is -2.62. The highest BCUT2D eigenvalue weighted by Crippen LogP contribution is 2.36. The lowest BCUT2D eigenvalue weighted by atomic mass is 9.79. The number of carbonyl (C=O) groups excluding carboxylic acids is 2. The summed E-state index contributed by atoms with van der Waals surface area (Å²) in [6.07, 6.45) is 1.77. The number of carbonyl (C=O) groups is 2. The van der Waals surface area contributed by atoms with Gasteiger partial charge >= 0.3 is 0 Å². The minimum atomic E-state index is -0.105. The van der Waals surface area contributed by atoms with Gasteiger partial charge in [-0.1, -0.05) is 0 Å². The van der Waals surface area contributed by atoms with Gasteiger partial charge in [0.25, 0.3) is 5.91 Å². The quantitative estimate of drug-likeness (QED) is 0.757. The monoisotopic (exact) mass is 361 g/mol. The molecule has 2 heterocycles. The van der Waals surface area contributed by atoms with Crippen molar-refractivity contribution in [1.82, 2.24) is 10.6 Å². The largest absolute Gasteiger partial charge is 0.349 e. The van der Waals surface area contributed by atoms with Crippen LogP contribution in [-0.4, -0.2) is 34.2 Å². The summed E-state index contributed by atoms with van der Waals surface area (Å²) in [6.45, 7) is 10.5. The Balaban J connectivity index is 1.74. The van der Waals surface area contributed by atoms with Crippen LogP contribution in [0.1, 0.15) is 57.8 Å². The summed E-state index contributed by atoms with van der Waals surface area (Å²) in [6, 6.07) is 5.65. The Morgan fingerprint density at radius 3 is 2.48 bits per heavy atom. The van der Waals surface area contributed by atoms with E-state index in [9.17, 15) is 9.59 Å². The van der Waals surface area contributed by atoms with Crippen molar-refractivity contribution >= 4 is 29.3 Å². The molecule has 0 aliphatic carbocycles. The molecule has 136 valence electrons. The molecule has 5 nitrogen and oxygen atoms in total. The topological polar surface area (TPSA) is 70.2 Å². The zero-order valence-electron chi connectivity index (χ0n) is 15.5. The summed E-state index contributed by atoms with van der Waals surface area (Å²) in [5, 5.41) is 9.58. The molecule has 3 N–H and O–H groups in total. The maximum Gasteiger partial charge on any atom is 0.251 e. The first-order valence-electron chi connectivity index (χ1n) is 8.76. The standard InChI is InChI=1S/C19H27N3O2S/c1-11-16(23)21-14-8-12(6-7-15(14)25-11)17(24)20-13-9-18(2,3)22-19(4,5)10-13/h6-8,11,13,22H,9-10H2,1-5H3,(H,20,24)(H,21,23)/t11-/m0/s1. The van der Waals surface area contributed by atoms with E-state index in [1.165, 1.54) is 11.8 Å². The van der Waals surface area contributed by atoms with Crippen LogP contribution in [0, 0.1) is 0 Å². The van der Waals surface area contributed by atoms with E-state index in [0.29, 0.717) is 5.56 Å². The van der Waals surface area contributed by atoms with Crippen LogP contribution in [0.15, 0.2) is 23.1 Å². The number of nitrogens with one attached hydrogen (secondary N) is 3. The van der Waals surface area contributed by atoms with Crippen molar-refractivity contribution in [2.24, 2.45) is 0 Å². The third kappa shape index (κ3) is 4.18. The predicted octanol–water partition coefficient (Wildman–Crippen LogP) is 3.16.